The molecule has 2 aliphatic rings. The van der Waals surface area contributed by atoms with Crippen LogP contribution in [0.25, 0.3) is 0 Å². The van der Waals surface area contributed by atoms with Gasteiger partial charge in [0.1, 0.15) is 0 Å². The predicted octanol–water partition coefficient (Wildman–Crippen LogP) is 1.57. The van der Waals surface area contributed by atoms with Gasteiger partial charge in [0.05, 0.1) is 6.54 Å². The van der Waals surface area contributed by atoms with Gasteiger partial charge in [0, 0.05) is 25.3 Å². The van der Waals surface area contributed by atoms with Gasteiger partial charge in [-0.2, -0.15) is 0 Å². The van der Waals surface area contributed by atoms with Crippen molar-refractivity contribution in [2.24, 2.45) is 0 Å². The van der Waals surface area contributed by atoms with Crippen LogP contribution >= 0.6 is 0 Å². The largest absolute Gasteiger partial charge is 0.315 e. The van der Waals surface area contributed by atoms with Crippen LogP contribution in [0.15, 0.2) is 18.2 Å². The molecule has 3 rings (SSSR count). The minimum atomic E-state index is 0.252. The van der Waals surface area contributed by atoms with E-state index < -0.39 is 0 Å². The number of benzene rings is 1. The van der Waals surface area contributed by atoms with Crippen molar-refractivity contribution in [1.82, 2.24) is 10.2 Å². The zero-order chi connectivity index (χ0) is 14.7. The minimum Gasteiger partial charge on any atom is -0.315 e. The van der Waals surface area contributed by atoms with E-state index in [2.05, 4.69) is 35.3 Å². The third-order valence-electron chi connectivity index (χ3n) is 4.45. The number of carbonyl (C=O) groups excluding carboxylic acids is 1. The van der Waals surface area contributed by atoms with Crippen LogP contribution in [0, 0.1) is 6.92 Å². The van der Waals surface area contributed by atoms with Crippen LogP contribution in [0.4, 0.5) is 5.69 Å². The molecule has 21 heavy (non-hydrogen) atoms. The maximum Gasteiger partial charge on any atom is 0.241 e. The third-order valence-corrected chi connectivity index (χ3v) is 4.45. The Bertz CT molecular complexity index is 507. The second-order valence-corrected chi connectivity index (χ2v) is 6.16. The molecule has 0 unspecified atom stereocenters. The standard InChI is InChI=1S/C17H25N3O/c1-14-5-6-16-15(12-14)4-2-10-20(16)17(21)13-19-9-3-7-18-8-11-19/h5-6,12,18H,2-4,7-11,13H2,1H3. The quantitative estimate of drug-likeness (QED) is 0.897. The summed E-state index contributed by atoms with van der Waals surface area (Å²) in [4.78, 5) is 17.0. The normalized spacial score (nSPS) is 20.0. The first kappa shape index (κ1) is 14.5. The van der Waals surface area contributed by atoms with E-state index in [4.69, 9.17) is 0 Å². The van der Waals surface area contributed by atoms with Crippen molar-refractivity contribution < 1.29 is 4.79 Å². The van der Waals surface area contributed by atoms with Crippen LogP contribution in [0.3, 0.4) is 0 Å². The molecule has 1 amide bonds. The van der Waals surface area contributed by atoms with Crippen molar-refractivity contribution in [2.75, 3.05) is 44.2 Å². The fourth-order valence-corrected chi connectivity index (χ4v) is 3.32. The highest BCUT2D eigenvalue weighted by Crippen LogP contribution is 2.28. The number of amides is 1. The molecule has 0 aromatic heterocycles. The van der Waals surface area contributed by atoms with Gasteiger partial charge in [0.25, 0.3) is 0 Å². The molecular formula is C17H25N3O. The first-order chi connectivity index (χ1) is 10.2. The highest BCUT2D eigenvalue weighted by molar-refractivity contribution is 5.96. The summed E-state index contributed by atoms with van der Waals surface area (Å²) in [7, 11) is 0. The van der Waals surface area contributed by atoms with E-state index in [0.717, 1.165) is 57.7 Å². The maximum absolute atomic E-state index is 12.7. The molecule has 0 atom stereocenters. The third kappa shape index (κ3) is 3.44. The van der Waals surface area contributed by atoms with Crippen molar-refractivity contribution in [2.45, 2.75) is 26.2 Å². The van der Waals surface area contributed by atoms with E-state index in [1.54, 1.807) is 0 Å². The Labute approximate surface area is 127 Å². The Morgan fingerprint density at radius 2 is 2.10 bits per heavy atom. The fourth-order valence-electron chi connectivity index (χ4n) is 3.32. The lowest BCUT2D eigenvalue weighted by molar-refractivity contribution is -0.119. The number of anilines is 1. The molecule has 0 saturated carbocycles. The topological polar surface area (TPSA) is 35.6 Å². The number of hydrogen-bond donors (Lipinski definition) is 1. The molecule has 1 fully saturated rings. The molecule has 1 aromatic carbocycles. The van der Waals surface area contributed by atoms with Crippen LogP contribution in [-0.2, 0) is 11.2 Å². The lowest BCUT2D eigenvalue weighted by Crippen LogP contribution is -2.43. The molecule has 2 aliphatic heterocycles. The molecule has 1 aromatic rings. The van der Waals surface area contributed by atoms with Gasteiger partial charge in [-0.15, -0.1) is 0 Å². The predicted molar refractivity (Wildman–Crippen MR) is 85.8 cm³/mol. The number of nitrogens with one attached hydrogen (secondary N) is 1. The number of nitrogens with zero attached hydrogens (tertiary/aromatic N) is 2. The maximum atomic E-state index is 12.7. The van der Waals surface area contributed by atoms with Gasteiger partial charge >= 0.3 is 0 Å². The van der Waals surface area contributed by atoms with E-state index in [0.29, 0.717) is 6.54 Å². The molecule has 0 bridgehead atoms. The minimum absolute atomic E-state index is 0.252. The first-order valence-electron chi connectivity index (χ1n) is 8.07. The molecule has 4 nitrogen and oxygen atoms in total. The summed E-state index contributed by atoms with van der Waals surface area (Å²) in [5.74, 6) is 0.252. The van der Waals surface area contributed by atoms with Crippen molar-refractivity contribution in [3.63, 3.8) is 0 Å². The summed E-state index contributed by atoms with van der Waals surface area (Å²) < 4.78 is 0. The van der Waals surface area contributed by atoms with Crippen LogP contribution < -0.4 is 10.2 Å². The Morgan fingerprint density at radius 1 is 1.19 bits per heavy atom. The Kier molecular flexibility index (Phi) is 4.56. The number of hydrogen-bond acceptors (Lipinski definition) is 3. The number of fused-ring (bicyclic) bond motifs is 1. The van der Waals surface area contributed by atoms with Crippen molar-refractivity contribution >= 4 is 11.6 Å². The first-order valence-corrected chi connectivity index (χ1v) is 8.07. The molecule has 4 heteroatoms. The zero-order valence-corrected chi connectivity index (χ0v) is 12.9. The Balaban J connectivity index is 1.70. The number of carbonyl (C=O) groups is 1. The lowest BCUT2D eigenvalue weighted by atomic mass is 9.99. The number of rotatable bonds is 2. The molecule has 0 spiro atoms. The van der Waals surface area contributed by atoms with Crippen LogP contribution in [0.2, 0.25) is 0 Å². The average Bonchev–Trinajstić information content (AvgIpc) is 2.75. The van der Waals surface area contributed by atoms with Crippen LogP contribution in [0.1, 0.15) is 24.0 Å². The highest BCUT2D eigenvalue weighted by atomic mass is 16.2. The van der Waals surface area contributed by atoms with Gasteiger partial charge in [-0.25, -0.2) is 0 Å². The average molecular weight is 287 g/mol. The van der Waals surface area contributed by atoms with E-state index in [9.17, 15) is 4.79 Å². The van der Waals surface area contributed by atoms with Crippen LogP contribution in [-0.4, -0.2) is 50.1 Å². The fraction of sp³-hybridized carbons (Fsp3) is 0.588. The zero-order valence-electron chi connectivity index (χ0n) is 12.9. The summed E-state index contributed by atoms with van der Waals surface area (Å²) in [6, 6.07) is 6.45. The number of aryl methyl sites for hydroxylation is 2. The smallest absolute Gasteiger partial charge is 0.241 e. The SMILES string of the molecule is Cc1ccc2c(c1)CCCN2C(=O)CN1CCCNCC1. The summed E-state index contributed by atoms with van der Waals surface area (Å²) in [5, 5.41) is 3.39. The molecule has 0 aliphatic carbocycles. The molecule has 1 N–H and O–H groups in total. The highest BCUT2D eigenvalue weighted by Gasteiger charge is 2.24. The van der Waals surface area contributed by atoms with Crippen molar-refractivity contribution in [3.05, 3.63) is 29.3 Å². The molecule has 1 saturated heterocycles. The van der Waals surface area contributed by atoms with Crippen LogP contribution in [0.5, 0.6) is 0 Å². The van der Waals surface area contributed by atoms with E-state index in [-0.39, 0.29) is 5.91 Å². The van der Waals surface area contributed by atoms with E-state index in [1.807, 2.05) is 4.90 Å². The van der Waals surface area contributed by atoms with E-state index >= 15 is 0 Å². The van der Waals surface area contributed by atoms with Crippen molar-refractivity contribution in [1.29, 1.82) is 0 Å². The summed E-state index contributed by atoms with van der Waals surface area (Å²) in [6.07, 6.45) is 3.29. The van der Waals surface area contributed by atoms with Gasteiger partial charge in [0.2, 0.25) is 5.91 Å². The molecule has 2 heterocycles. The second-order valence-electron chi connectivity index (χ2n) is 6.16. The van der Waals surface area contributed by atoms with Gasteiger partial charge < -0.3 is 10.2 Å². The Hall–Kier alpha value is -1.39. The van der Waals surface area contributed by atoms with Gasteiger partial charge in [-0.1, -0.05) is 17.7 Å². The van der Waals surface area contributed by atoms with Gasteiger partial charge in [0.15, 0.2) is 0 Å². The van der Waals surface area contributed by atoms with Gasteiger partial charge in [-0.05, 0) is 50.9 Å². The summed E-state index contributed by atoms with van der Waals surface area (Å²) in [6.45, 7) is 7.58. The van der Waals surface area contributed by atoms with Gasteiger partial charge in [-0.3, -0.25) is 9.69 Å². The van der Waals surface area contributed by atoms with E-state index in [1.165, 1.54) is 11.1 Å². The molecule has 0 radical (unpaired) electrons. The molecule has 114 valence electrons. The monoisotopic (exact) mass is 287 g/mol. The van der Waals surface area contributed by atoms with Crippen molar-refractivity contribution in [3.8, 4) is 0 Å². The molecular weight excluding hydrogens is 262 g/mol. The summed E-state index contributed by atoms with van der Waals surface area (Å²) in [5.41, 5.74) is 3.73. The second kappa shape index (κ2) is 6.58. The lowest BCUT2D eigenvalue weighted by Gasteiger charge is -2.31. The Morgan fingerprint density at radius 3 is 3.00 bits per heavy atom. The summed E-state index contributed by atoms with van der Waals surface area (Å²) >= 11 is 0.